The first-order chi connectivity index (χ1) is 21.2. The average Bonchev–Trinajstić information content (AvgIpc) is 3.59. The fourth-order valence-corrected chi connectivity index (χ4v) is 6.70. The van der Waals surface area contributed by atoms with Gasteiger partial charge in [0.15, 0.2) is 11.9 Å². The molecule has 0 aliphatic carbocycles. The van der Waals surface area contributed by atoms with E-state index in [0.717, 1.165) is 20.4 Å². The van der Waals surface area contributed by atoms with Crippen molar-refractivity contribution in [2.24, 2.45) is 0 Å². The summed E-state index contributed by atoms with van der Waals surface area (Å²) in [6.45, 7) is 7.76. The van der Waals surface area contributed by atoms with Crippen molar-refractivity contribution in [3.05, 3.63) is 76.5 Å². The number of hydrogen-bond acceptors (Lipinski definition) is 8. The Hall–Kier alpha value is -4.07. The lowest BCUT2D eigenvalue weighted by Crippen LogP contribution is -2.35. The van der Waals surface area contributed by atoms with Gasteiger partial charge in [-0.3, -0.25) is 0 Å². The fraction of sp³-hybridized carbons (Fsp3) is 0.323. The lowest BCUT2D eigenvalue weighted by molar-refractivity contribution is -0.160. The minimum atomic E-state index is -4.58. The molecule has 6 rings (SSSR count). The van der Waals surface area contributed by atoms with E-state index in [0.29, 0.717) is 38.1 Å². The number of nitrogens with zero attached hydrogens (tertiary/aromatic N) is 6. The second-order valence-corrected chi connectivity index (χ2v) is 13.2. The molecule has 2 aromatic carbocycles. The van der Waals surface area contributed by atoms with Crippen LogP contribution in [0.3, 0.4) is 0 Å². The van der Waals surface area contributed by atoms with Crippen molar-refractivity contribution < 1.29 is 27.8 Å². The Morgan fingerprint density at radius 1 is 1.07 bits per heavy atom. The number of ether oxygens (including phenoxy) is 1. The van der Waals surface area contributed by atoms with Gasteiger partial charge in [-0.2, -0.15) is 13.2 Å². The number of carbonyl (C=O) groups is 1. The second-order valence-electron chi connectivity index (χ2n) is 11.7. The van der Waals surface area contributed by atoms with E-state index in [4.69, 9.17) is 21.3 Å². The molecule has 0 spiro atoms. The summed E-state index contributed by atoms with van der Waals surface area (Å²) in [6.07, 6.45) is -4.19. The molecule has 1 aliphatic rings. The smallest absolute Gasteiger partial charge is 0.451 e. The summed E-state index contributed by atoms with van der Waals surface area (Å²) in [5.74, 6) is -1.33. The number of thiazole rings is 1. The highest BCUT2D eigenvalue weighted by atomic mass is 35.5. The molecule has 0 saturated carbocycles. The Balaban J connectivity index is 1.44. The van der Waals surface area contributed by atoms with Crippen LogP contribution < -0.4 is 4.90 Å². The molecule has 5 aromatic rings. The minimum absolute atomic E-state index is 0.0676. The molecule has 0 amide bonds. The maximum Gasteiger partial charge on any atom is 0.451 e. The van der Waals surface area contributed by atoms with Crippen LogP contribution in [0.15, 0.2) is 48.7 Å². The van der Waals surface area contributed by atoms with Crippen LogP contribution in [0.25, 0.3) is 31.9 Å². The predicted molar refractivity (Wildman–Crippen MR) is 165 cm³/mol. The number of carboxylic acid groups (broad SMARTS) is 1. The highest BCUT2D eigenvalue weighted by Gasteiger charge is 2.39. The van der Waals surface area contributed by atoms with Gasteiger partial charge in [-0.1, -0.05) is 23.7 Å². The van der Waals surface area contributed by atoms with Gasteiger partial charge in [0.2, 0.25) is 5.82 Å². The number of halogens is 4. The molecule has 1 atom stereocenters. The predicted octanol–water partition coefficient (Wildman–Crippen LogP) is 7.56. The number of rotatable bonds is 6. The number of anilines is 1. The number of aliphatic carboxylic acids is 1. The van der Waals surface area contributed by atoms with Crippen molar-refractivity contribution in [3.8, 4) is 21.7 Å². The molecule has 1 N–H and O–H groups in total. The highest BCUT2D eigenvalue weighted by Crippen LogP contribution is 2.44. The molecule has 9 nitrogen and oxygen atoms in total. The Kier molecular flexibility index (Phi) is 7.82. The summed E-state index contributed by atoms with van der Waals surface area (Å²) in [4.78, 5) is 23.9. The quantitative estimate of drug-likeness (QED) is 0.200. The van der Waals surface area contributed by atoms with Crippen LogP contribution in [0.1, 0.15) is 49.7 Å². The Bertz CT molecular complexity index is 1920. The summed E-state index contributed by atoms with van der Waals surface area (Å²) in [5, 5.41) is 18.7. The highest BCUT2D eigenvalue weighted by molar-refractivity contribution is 7.22. The molecule has 234 valence electrons. The largest absolute Gasteiger partial charge is 0.479 e. The van der Waals surface area contributed by atoms with E-state index in [1.54, 1.807) is 18.3 Å². The van der Waals surface area contributed by atoms with Crippen LogP contribution >= 0.6 is 22.9 Å². The van der Waals surface area contributed by atoms with Gasteiger partial charge in [0.1, 0.15) is 10.8 Å². The number of hydrogen-bond donors (Lipinski definition) is 1. The third kappa shape index (κ3) is 6.11. The van der Waals surface area contributed by atoms with Crippen LogP contribution in [-0.2, 0) is 28.8 Å². The first-order valence-corrected chi connectivity index (χ1v) is 15.2. The molecule has 1 aliphatic heterocycles. The van der Waals surface area contributed by atoms with Gasteiger partial charge in [0, 0.05) is 41.0 Å². The van der Waals surface area contributed by atoms with Crippen molar-refractivity contribution in [2.45, 2.75) is 58.7 Å². The Labute approximate surface area is 265 Å². The van der Waals surface area contributed by atoms with E-state index >= 15 is 0 Å². The third-order valence-corrected chi connectivity index (χ3v) is 8.73. The van der Waals surface area contributed by atoms with Crippen molar-refractivity contribution >= 4 is 44.9 Å². The SMILES string of the molecule is Cc1cc2nc(-c3ccnc(N4CCn5c(nnc5C(F)(F)F)C4)c3)sc2c(-c2ccc(Cl)cc2)c1[C@H](OC(C)(C)C)C(=O)O. The first-order valence-electron chi connectivity index (χ1n) is 14.0. The summed E-state index contributed by atoms with van der Waals surface area (Å²) < 4.78 is 47.9. The minimum Gasteiger partial charge on any atom is -0.479 e. The maximum atomic E-state index is 13.3. The van der Waals surface area contributed by atoms with Gasteiger partial charge in [-0.05, 0) is 69.2 Å². The van der Waals surface area contributed by atoms with Crippen LogP contribution in [0.4, 0.5) is 19.0 Å². The zero-order valence-corrected chi connectivity index (χ0v) is 26.3. The van der Waals surface area contributed by atoms with Gasteiger partial charge in [0.25, 0.3) is 0 Å². The van der Waals surface area contributed by atoms with Crippen LogP contribution in [0.2, 0.25) is 5.02 Å². The van der Waals surface area contributed by atoms with E-state index < -0.39 is 29.7 Å². The Morgan fingerprint density at radius 2 is 1.80 bits per heavy atom. The van der Waals surface area contributed by atoms with Crippen molar-refractivity contribution in [1.82, 2.24) is 24.7 Å². The average molecular weight is 657 g/mol. The number of fused-ring (bicyclic) bond motifs is 2. The lowest BCUT2D eigenvalue weighted by atomic mass is 9.91. The number of pyridine rings is 1. The second kappa shape index (κ2) is 11.4. The fourth-order valence-electron chi connectivity index (χ4n) is 5.45. The molecule has 3 aromatic heterocycles. The summed E-state index contributed by atoms with van der Waals surface area (Å²) in [6, 6.07) is 12.7. The van der Waals surface area contributed by atoms with Crippen molar-refractivity contribution in [2.75, 3.05) is 11.4 Å². The zero-order valence-electron chi connectivity index (χ0n) is 24.7. The normalized spacial score (nSPS) is 14.5. The van der Waals surface area contributed by atoms with Crippen LogP contribution in [-0.4, -0.2) is 48.0 Å². The number of carboxylic acids is 1. The molecule has 0 saturated heterocycles. The molecule has 0 bridgehead atoms. The van der Waals surface area contributed by atoms with E-state index in [1.165, 1.54) is 11.3 Å². The van der Waals surface area contributed by atoms with Gasteiger partial charge in [-0.25, -0.2) is 14.8 Å². The van der Waals surface area contributed by atoms with Crippen LogP contribution in [0, 0.1) is 6.92 Å². The molecule has 14 heteroatoms. The van der Waals surface area contributed by atoms with Crippen molar-refractivity contribution in [3.63, 3.8) is 0 Å². The van der Waals surface area contributed by atoms with Gasteiger partial charge in [-0.15, -0.1) is 21.5 Å². The molecule has 45 heavy (non-hydrogen) atoms. The number of benzene rings is 2. The summed E-state index contributed by atoms with van der Waals surface area (Å²) >= 11 is 7.61. The first kappa shape index (κ1) is 30.9. The molecule has 4 heterocycles. The summed E-state index contributed by atoms with van der Waals surface area (Å²) in [5.41, 5.74) is 3.43. The van der Waals surface area contributed by atoms with Gasteiger partial charge >= 0.3 is 12.1 Å². The van der Waals surface area contributed by atoms with E-state index in [-0.39, 0.29) is 25.5 Å². The number of alkyl halides is 3. The summed E-state index contributed by atoms with van der Waals surface area (Å²) in [7, 11) is 0. The maximum absolute atomic E-state index is 13.3. The van der Waals surface area contributed by atoms with Crippen molar-refractivity contribution in [1.29, 1.82) is 0 Å². The standard InChI is InChI=1S/C31H28ClF3N6O3S/c1-16-13-20-26(24(17-5-7-19(32)8-6-17)23(16)25(28(42)43)44-30(2,3)4)45-27(37-20)18-9-10-36-21(14-18)40-11-12-41-22(15-40)38-39-29(41)31(33,34)35/h5-10,13-14,25H,11-12,15H2,1-4H3,(H,42,43)/t25-/m0/s1. The molecular weight excluding hydrogens is 629 g/mol. The lowest BCUT2D eigenvalue weighted by Gasteiger charge is -2.29. The van der Waals surface area contributed by atoms with E-state index in [9.17, 15) is 23.1 Å². The Morgan fingerprint density at radius 3 is 2.47 bits per heavy atom. The van der Waals surface area contributed by atoms with Gasteiger partial charge in [0.05, 0.1) is 22.4 Å². The van der Waals surface area contributed by atoms with Gasteiger partial charge < -0.3 is 19.3 Å². The third-order valence-electron chi connectivity index (χ3n) is 7.34. The monoisotopic (exact) mass is 656 g/mol. The zero-order chi connectivity index (χ0) is 32.3. The number of aryl methyl sites for hydroxylation is 1. The van der Waals surface area contributed by atoms with Crippen LogP contribution in [0.5, 0.6) is 0 Å². The molecule has 0 radical (unpaired) electrons. The van der Waals surface area contributed by atoms with E-state index in [2.05, 4.69) is 15.2 Å². The van der Waals surface area contributed by atoms with E-state index in [1.807, 2.05) is 62.9 Å². The molecule has 0 unspecified atom stereocenters. The molecule has 0 fully saturated rings. The molecular formula is C31H28ClF3N6O3S. The topological polar surface area (TPSA) is 106 Å². The number of aromatic nitrogens is 5.